The van der Waals surface area contributed by atoms with Crippen LogP contribution in [0.1, 0.15) is 18.6 Å². The van der Waals surface area contributed by atoms with Gasteiger partial charge in [0, 0.05) is 0 Å². The van der Waals surface area contributed by atoms with E-state index in [2.05, 4.69) is 10.3 Å². The lowest BCUT2D eigenvalue weighted by molar-refractivity contribution is -0.110. The third-order valence-electron chi connectivity index (χ3n) is 2.87. The Morgan fingerprint density at radius 1 is 1.39 bits per heavy atom. The number of nitrogens with one attached hydrogen (secondary N) is 1. The molecule has 0 spiro atoms. The van der Waals surface area contributed by atoms with Crippen LogP contribution in [0.3, 0.4) is 0 Å². The number of fused-ring (bicyclic) bond motifs is 1. The van der Waals surface area contributed by atoms with Crippen LogP contribution in [0.25, 0.3) is 11.0 Å². The first kappa shape index (κ1) is 12.3. The highest BCUT2D eigenvalue weighted by Gasteiger charge is 2.24. The van der Waals surface area contributed by atoms with Crippen molar-refractivity contribution in [2.75, 3.05) is 0 Å². The van der Waals surface area contributed by atoms with Crippen molar-refractivity contribution in [1.29, 1.82) is 0 Å². The van der Waals surface area contributed by atoms with Crippen LogP contribution < -0.4 is 5.32 Å². The number of imidazole rings is 1. The van der Waals surface area contributed by atoms with E-state index in [1.807, 2.05) is 38.1 Å². The van der Waals surface area contributed by atoms with Crippen molar-refractivity contribution in [3.05, 3.63) is 30.6 Å². The molecule has 18 heavy (non-hydrogen) atoms. The largest absolute Gasteiger partial charge is 0.347 e. The summed E-state index contributed by atoms with van der Waals surface area (Å²) in [5.41, 5.74) is 1.51. The maximum Gasteiger partial charge on any atom is 0.255 e. The van der Waals surface area contributed by atoms with E-state index in [-0.39, 0.29) is 11.8 Å². The number of carbonyl (C=O) groups is 2. The van der Waals surface area contributed by atoms with Gasteiger partial charge in [-0.25, -0.2) is 4.98 Å². The van der Waals surface area contributed by atoms with Crippen molar-refractivity contribution in [3.63, 3.8) is 0 Å². The molecule has 0 bridgehead atoms. The Balaban J connectivity index is 2.40. The summed E-state index contributed by atoms with van der Waals surface area (Å²) in [7, 11) is 0. The normalized spacial score (nSPS) is 12.6. The van der Waals surface area contributed by atoms with Gasteiger partial charge in [-0.3, -0.25) is 14.2 Å². The third-order valence-corrected chi connectivity index (χ3v) is 2.87. The molecule has 1 amide bonds. The second-order valence-corrected chi connectivity index (χ2v) is 4.45. The second-order valence-electron chi connectivity index (χ2n) is 4.45. The summed E-state index contributed by atoms with van der Waals surface area (Å²) in [6.45, 7) is 3.77. The SMILES string of the molecule is CC(C)C(NC=O)C(=O)n1cnc2ccccc21. The number of amides is 1. The van der Waals surface area contributed by atoms with E-state index < -0.39 is 6.04 Å². The number of carbonyl (C=O) groups excluding carboxylic acids is 2. The van der Waals surface area contributed by atoms with Gasteiger partial charge in [-0.2, -0.15) is 0 Å². The Labute approximate surface area is 105 Å². The number of para-hydroxylation sites is 2. The van der Waals surface area contributed by atoms with Gasteiger partial charge in [-0.05, 0) is 18.1 Å². The minimum absolute atomic E-state index is 0.0175. The maximum absolute atomic E-state index is 12.4. The molecule has 0 radical (unpaired) electrons. The molecule has 1 atom stereocenters. The van der Waals surface area contributed by atoms with Crippen LogP contribution in [0.4, 0.5) is 0 Å². The van der Waals surface area contributed by atoms with E-state index in [9.17, 15) is 9.59 Å². The monoisotopic (exact) mass is 245 g/mol. The van der Waals surface area contributed by atoms with Crippen molar-refractivity contribution in [3.8, 4) is 0 Å². The molecule has 0 saturated heterocycles. The fourth-order valence-corrected chi connectivity index (χ4v) is 1.91. The average molecular weight is 245 g/mol. The number of hydrogen-bond donors (Lipinski definition) is 1. The first-order chi connectivity index (χ1) is 8.65. The van der Waals surface area contributed by atoms with E-state index in [0.29, 0.717) is 6.41 Å². The molecule has 1 aromatic heterocycles. The van der Waals surface area contributed by atoms with Gasteiger partial charge in [0.25, 0.3) is 5.91 Å². The summed E-state index contributed by atoms with van der Waals surface area (Å²) >= 11 is 0. The van der Waals surface area contributed by atoms with E-state index in [0.717, 1.165) is 11.0 Å². The number of benzene rings is 1. The Morgan fingerprint density at radius 3 is 2.78 bits per heavy atom. The summed E-state index contributed by atoms with van der Waals surface area (Å²) in [5, 5.41) is 2.56. The Kier molecular flexibility index (Phi) is 3.41. The highest BCUT2D eigenvalue weighted by molar-refractivity contribution is 5.94. The zero-order chi connectivity index (χ0) is 13.1. The second kappa shape index (κ2) is 5.00. The Bertz CT molecular complexity index is 574. The molecule has 94 valence electrons. The van der Waals surface area contributed by atoms with E-state index in [1.54, 1.807) is 0 Å². The molecule has 0 aliphatic heterocycles. The lowest BCUT2D eigenvalue weighted by Gasteiger charge is -2.18. The molecule has 1 aromatic carbocycles. The molecule has 2 aromatic rings. The predicted molar refractivity (Wildman–Crippen MR) is 68.2 cm³/mol. The van der Waals surface area contributed by atoms with Crippen molar-refractivity contribution in [2.45, 2.75) is 19.9 Å². The summed E-state index contributed by atoms with van der Waals surface area (Å²) < 4.78 is 1.48. The van der Waals surface area contributed by atoms with Gasteiger partial charge in [0.1, 0.15) is 12.4 Å². The highest BCUT2D eigenvalue weighted by Crippen LogP contribution is 2.14. The standard InChI is InChI=1S/C13H15N3O2/c1-9(2)12(15-8-17)13(18)16-7-14-10-5-3-4-6-11(10)16/h3-9,12H,1-2H3,(H,15,17). The van der Waals surface area contributed by atoms with Crippen molar-refractivity contribution in [1.82, 2.24) is 14.9 Å². The lowest BCUT2D eigenvalue weighted by Crippen LogP contribution is -2.42. The van der Waals surface area contributed by atoms with Crippen molar-refractivity contribution >= 4 is 23.4 Å². The molecule has 1 N–H and O–H groups in total. The molecule has 0 fully saturated rings. The van der Waals surface area contributed by atoms with Gasteiger partial charge >= 0.3 is 0 Å². The number of rotatable bonds is 4. The number of aromatic nitrogens is 2. The molecule has 1 unspecified atom stereocenters. The number of nitrogens with zero attached hydrogens (tertiary/aromatic N) is 2. The molecular formula is C13H15N3O2. The fraction of sp³-hybridized carbons (Fsp3) is 0.308. The van der Waals surface area contributed by atoms with Crippen molar-refractivity contribution in [2.24, 2.45) is 5.92 Å². The Morgan fingerprint density at radius 2 is 2.11 bits per heavy atom. The fourth-order valence-electron chi connectivity index (χ4n) is 1.91. The van der Waals surface area contributed by atoms with Gasteiger partial charge in [0.05, 0.1) is 11.0 Å². The van der Waals surface area contributed by atoms with Crippen LogP contribution >= 0.6 is 0 Å². The van der Waals surface area contributed by atoms with Gasteiger partial charge < -0.3 is 5.32 Å². The van der Waals surface area contributed by atoms with E-state index in [4.69, 9.17) is 0 Å². The molecule has 5 nitrogen and oxygen atoms in total. The van der Waals surface area contributed by atoms with Gasteiger partial charge in [-0.1, -0.05) is 26.0 Å². The zero-order valence-electron chi connectivity index (χ0n) is 10.3. The quantitative estimate of drug-likeness (QED) is 0.829. The molecule has 0 saturated carbocycles. The minimum Gasteiger partial charge on any atom is -0.347 e. The molecule has 5 heteroatoms. The molecule has 0 aliphatic rings. The number of hydrogen-bond acceptors (Lipinski definition) is 3. The average Bonchev–Trinajstić information content (AvgIpc) is 2.78. The van der Waals surface area contributed by atoms with Crippen LogP contribution in [0.15, 0.2) is 30.6 Å². The van der Waals surface area contributed by atoms with Crippen molar-refractivity contribution < 1.29 is 9.59 Å². The zero-order valence-corrected chi connectivity index (χ0v) is 10.3. The topological polar surface area (TPSA) is 64.0 Å². The smallest absolute Gasteiger partial charge is 0.255 e. The van der Waals surface area contributed by atoms with E-state index in [1.165, 1.54) is 10.9 Å². The summed E-state index contributed by atoms with van der Waals surface area (Å²) in [4.78, 5) is 27.1. The van der Waals surface area contributed by atoms with Crippen LogP contribution in [-0.4, -0.2) is 27.9 Å². The maximum atomic E-state index is 12.4. The molecule has 2 rings (SSSR count). The first-order valence-corrected chi connectivity index (χ1v) is 5.81. The Hall–Kier alpha value is -2.17. The summed E-state index contributed by atoms with van der Waals surface area (Å²) in [6, 6.07) is 6.86. The van der Waals surface area contributed by atoms with Crippen LogP contribution in [-0.2, 0) is 4.79 Å². The van der Waals surface area contributed by atoms with Crippen LogP contribution in [0, 0.1) is 5.92 Å². The van der Waals surface area contributed by atoms with Gasteiger partial charge in [0.2, 0.25) is 6.41 Å². The molecule has 0 aliphatic carbocycles. The third kappa shape index (κ3) is 2.11. The minimum atomic E-state index is -0.542. The molecular weight excluding hydrogens is 230 g/mol. The van der Waals surface area contributed by atoms with Gasteiger partial charge in [0.15, 0.2) is 0 Å². The van der Waals surface area contributed by atoms with Crippen LogP contribution in [0.2, 0.25) is 0 Å². The molecule has 1 heterocycles. The van der Waals surface area contributed by atoms with Crippen LogP contribution in [0.5, 0.6) is 0 Å². The van der Waals surface area contributed by atoms with E-state index >= 15 is 0 Å². The first-order valence-electron chi connectivity index (χ1n) is 5.81. The summed E-state index contributed by atoms with van der Waals surface area (Å²) in [6.07, 6.45) is 2.05. The predicted octanol–water partition coefficient (Wildman–Crippen LogP) is 1.45. The summed E-state index contributed by atoms with van der Waals surface area (Å²) in [5.74, 6) is -0.158. The highest BCUT2D eigenvalue weighted by atomic mass is 16.2. The lowest BCUT2D eigenvalue weighted by atomic mass is 10.0. The van der Waals surface area contributed by atoms with Gasteiger partial charge in [-0.15, -0.1) is 0 Å².